The van der Waals surface area contributed by atoms with Crippen LogP contribution >= 0.6 is 0 Å². The van der Waals surface area contributed by atoms with Crippen molar-refractivity contribution in [3.63, 3.8) is 0 Å². The highest BCUT2D eigenvalue weighted by Crippen LogP contribution is 2.16. The average molecular weight is 349 g/mol. The molecule has 2 heterocycles. The molecule has 9 nitrogen and oxygen atoms in total. The lowest BCUT2D eigenvalue weighted by molar-refractivity contribution is -0.384. The van der Waals surface area contributed by atoms with Crippen LogP contribution in [-0.2, 0) is 0 Å². The normalized spacial score (nSPS) is 10.9. The molecule has 128 valence electrons. The molecule has 0 saturated carbocycles. The van der Waals surface area contributed by atoms with Crippen LogP contribution < -0.4 is 11.2 Å². The van der Waals surface area contributed by atoms with E-state index < -0.39 is 16.2 Å². The van der Waals surface area contributed by atoms with Crippen molar-refractivity contribution < 1.29 is 4.92 Å². The third-order valence-electron chi connectivity index (χ3n) is 3.91. The maximum Gasteiger partial charge on any atom is 0.355 e. The lowest BCUT2D eigenvalue weighted by Crippen LogP contribution is -2.21. The minimum Gasteiger partial charge on any atom is -0.317 e. The number of aromatic nitrogens is 4. The molecule has 4 rings (SSSR count). The molecule has 0 aliphatic carbocycles. The van der Waals surface area contributed by atoms with Gasteiger partial charge in [0.25, 0.3) is 11.2 Å². The fourth-order valence-electron chi connectivity index (χ4n) is 2.64. The van der Waals surface area contributed by atoms with Crippen LogP contribution in [0.2, 0.25) is 0 Å². The number of nitrogens with zero attached hydrogens (tertiary/aromatic N) is 4. The van der Waals surface area contributed by atoms with Gasteiger partial charge in [-0.3, -0.25) is 14.9 Å². The summed E-state index contributed by atoms with van der Waals surface area (Å²) in [6, 6.07) is 14.4. The van der Waals surface area contributed by atoms with Gasteiger partial charge in [-0.2, -0.15) is 4.68 Å². The molecule has 0 bridgehead atoms. The summed E-state index contributed by atoms with van der Waals surface area (Å²) in [4.78, 5) is 37.9. The van der Waals surface area contributed by atoms with Crippen LogP contribution in [0.3, 0.4) is 0 Å². The lowest BCUT2D eigenvalue weighted by atomic mass is 10.2. The molecule has 0 aliphatic heterocycles. The maximum absolute atomic E-state index is 12.7. The number of aromatic amines is 1. The number of nitrogens with one attached hydrogen (secondary N) is 1. The Balaban J connectivity index is 1.90. The SMILES string of the molecule is O=c1[nH]c(-c2ccccc2)cn2c(=O)n(-c3ccc([N+](=O)[O-])cc3)nc12. The van der Waals surface area contributed by atoms with Crippen LogP contribution in [0, 0.1) is 10.1 Å². The zero-order valence-electron chi connectivity index (χ0n) is 13.2. The van der Waals surface area contributed by atoms with E-state index in [1.54, 1.807) is 0 Å². The number of nitro benzene ring substituents is 1. The third-order valence-corrected chi connectivity index (χ3v) is 3.91. The van der Waals surface area contributed by atoms with E-state index in [1.807, 2.05) is 30.3 Å². The minimum atomic E-state index is -0.544. The lowest BCUT2D eigenvalue weighted by Gasteiger charge is -2.01. The van der Waals surface area contributed by atoms with Crippen LogP contribution in [0.25, 0.3) is 22.6 Å². The Morgan fingerprint density at radius 3 is 2.35 bits per heavy atom. The quantitative estimate of drug-likeness (QED) is 0.447. The Morgan fingerprint density at radius 2 is 1.69 bits per heavy atom. The fraction of sp³-hybridized carbons (Fsp3) is 0. The van der Waals surface area contributed by atoms with Crippen molar-refractivity contribution in [3.8, 4) is 16.9 Å². The molecule has 26 heavy (non-hydrogen) atoms. The largest absolute Gasteiger partial charge is 0.355 e. The monoisotopic (exact) mass is 349 g/mol. The van der Waals surface area contributed by atoms with Crippen molar-refractivity contribution in [1.29, 1.82) is 0 Å². The molecule has 0 unspecified atom stereocenters. The number of benzene rings is 2. The van der Waals surface area contributed by atoms with Crippen molar-refractivity contribution in [2.24, 2.45) is 0 Å². The zero-order valence-corrected chi connectivity index (χ0v) is 13.2. The summed E-state index contributed by atoms with van der Waals surface area (Å²) in [6.45, 7) is 0. The molecule has 0 aliphatic rings. The summed E-state index contributed by atoms with van der Waals surface area (Å²) in [5, 5.41) is 14.8. The van der Waals surface area contributed by atoms with Crippen LogP contribution in [0.4, 0.5) is 5.69 Å². The zero-order chi connectivity index (χ0) is 18.3. The van der Waals surface area contributed by atoms with Gasteiger partial charge in [-0.25, -0.2) is 9.20 Å². The van der Waals surface area contributed by atoms with Crippen molar-refractivity contribution in [3.05, 3.63) is 91.7 Å². The highest BCUT2D eigenvalue weighted by atomic mass is 16.6. The van der Waals surface area contributed by atoms with Gasteiger partial charge >= 0.3 is 5.69 Å². The van der Waals surface area contributed by atoms with Crippen molar-refractivity contribution in [2.45, 2.75) is 0 Å². The average Bonchev–Trinajstić information content (AvgIpc) is 3.00. The Labute approximate surface area is 144 Å². The number of rotatable bonds is 3. The summed E-state index contributed by atoms with van der Waals surface area (Å²) >= 11 is 0. The van der Waals surface area contributed by atoms with Gasteiger partial charge in [0.1, 0.15) is 0 Å². The van der Waals surface area contributed by atoms with Crippen LogP contribution in [0.5, 0.6) is 0 Å². The molecule has 0 spiro atoms. The summed E-state index contributed by atoms with van der Waals surface area (Å²) in [6.07, 6.45) is 1.50. The van der Waals surface area contributed by atoms with Gasteiger partial charge in [-0.15, -0.1) is 5.10 Å². The molecule has 0 radical (unpaired) electrons. The molecular formula is C17H11N5O4. The van der Waals surface area contributed by atoms with Gasteiger partial charge in [0.2, 0.25) is 5.65 Å². The topological polar surface area (TPSA) is 115 Å². The van der Waals surface area contributed by atoms with E-state index in [0.29, 0.717) is 11.4 Å². The highest BCUT2D eigenvalue weighted by Gasteiger charge is 2.14. The van der Waals surface area contributed by atoms with E-state index in [1.165, 1.54) is 30.5 Å². The summed E-state index contributed by atoms with van der Waals surface area (Å²) < 4.78 is 2.19. The number of hydrogen-bond acceptors (Lipinski definition) is 5. The van der Waals surface area contributed by atoms with E-state index in [9.17, 15) is 19.7 Å². The van der Waals surface area contributed by atoms with E-state index >= 15 is 0 Å². The van der Waals surface area contributed by atoms with Crippen LogP contribution in [0.15, 0.2) is 70.4 Å². The summed E-state index contributed by atoms with van der Waals surface area (Å²) in [5.74, 6) is 0. The van der Waals surface area contributed by atoms with Crippen molar-refractivity contribution in [1.82, 2.24) is 19.2 Å². The minimum absolute atomic E-state index is 0.0620. The molecule has 0 atom stereocenters. The second kappa shape index (κ2) is 5.81. The smallest absolute Gasteiger partial charge is 0.317 e. The molecule has 9 heteroatoms. The van der Waals surface area contributed by atoms with Crippen molar-refractivity contribution >= 4 is 11.3 Å². The summed E-state index contributed by atoms with van der Waals surface area (Å²) in [5.41, 5.74) is 0.337. The Bertz CT molecular complexity index is 1240. The van der Waals surface area contributed by atoms with Gasteiger partial charge in [0, 0.05) is 18.3 Å². The second-order valence-corrected chi connectivity index (χ2v) is 5.52. The standard InChI is InChI=1S/C17H11N5O4/c23-16-15-19-21(12-6-8-13(9-7-12)22(25)26)17(24)20(15)10-14(18-16)11-4-2-1-3-5-11/h1-10H,(H,18,23). The molecule has 1 N–H and O–H groups in total. The molecule has 2 aromatic heterocycles. The number of H-pyrrole nitrogens is 1. The van der Waals surface area contributed by atoms with E-state index in [4.69, 9.17) is 0 Å². The molecule has 2 aromatic carbocycles. The Morgan fingerprint density at radius 1 is 1.00 bits per heavy atom. The molecule has 0 fully saturated rings. The molecular weight excluding hydrogens is 338 g/mol. The Kier molecular flexibility index (Phi) is 3.47. The van der Waals surface area contributed by atoms with Gasteiger partial charge in [-0.05, 0) is 17.7 Å². The first-order valence-electron chi connectivity index (χ1n) is 7.59. The summed E-state index contributed by atoms with van der Waals surface area (Å²) in [7, 11) is 0. The fourth-order valence-corrected chi connectivity index (χ4v) is 2.64. The van der Waals surface area contributed by atoms with Crippen LogP contribution in [0.1, 0.15) is 0 Å². The predicted octanol–water partition coefficient (Wildman–Crippen LogP) is 1.75. The first-order valence-corrected chi connectivity index (χ1v) is 7.59. The second-order valence-electron chi connectivity index (χ2n) is 5.52. The number of hydrogen-bond donors (Lipinski definition) is 1. The first kappa shape index (κ1) is 15.5. The van der Waals surface area contributed by atoms with Gasteiger partial charge in [0.15, 0.2) is 0 Å². The van der Waals surface area contributed by atoms with Gasteiger partial charge < -0.3 is 4.98 Å². The number of nitro groups is 1. The maximum atomic E-state index is 12.7. The van der Waals surface area contributed by atoms with E-state index in [-0.39, 0.29) is 11.3 Å². The first-order chi connectivity index (χ1) is 12.5. The molecule has 0 saturated heterocycles. The van der Waals surface area contributed by atoms with Gasteiger partial charge in [0.05, 0.1) is 16.3 Å². The van der Waals surface area contributed by atoms with Crippen LogP contribution in [-0.4, -0.2) is 24.1 Å². The number of non-ortho nitro benzene ring substituents is 1. The molecule has 4 aromatic rings. The van der Waals surface area contributed by atoms with E-state index in [2.05, 4.69) is 10.1 Å². The van der Waals surface area contributed by atoms with Crippen molar-refractivity contribution in [2.75, 3.05) is 0 Å². The molecule has 0 amide bonds. The van der Waals surface area contributed by atoms with E-state index in [0.717, 1.165) is 14.6 Å². The third kappa shape index (κ3) is 2.47. The van der Waals surface area contributed by atoms with Gasteiger partial charge in [-0.1, -0.05) is 30.3 Å². The highest BCUT2D eigenvalue weighted by molar-refractivity contribution is 5.59. The predicted molar refractivity (Wildman–Crippen MR) is 93.5 cm³/mol. The Hall–Kier alpha value is -4.01. The number of fused-ring (bicyclic) bond motifs is 1.